The summed E-state index contributed by atoms with van der Waals surface area (Å²) in [4.78, 5) is 1.07. The van der Waals surface area contributed by atoms with Gasteiger partial charge in [-0.3, -0.25) is 0 Å². The zero-order valence-electron chi connectivity index (χ0n) is 11.5. The van der Waals surface area contributed by atoms with Crippen molar-refractivity contribution in [3.05, 3.63) is 69.8 Å². The van der Waals surface area contributed by atoms with Crippen molar-refractivity contribution in [2.24, 2.45) is 5.73 Å². The third kappa shape index (κ3) is 2.35. The molecular formula is C17H16FNS. The van der Waals surface area contributed by atoms with Gasteiger partial charge in [-0.15, -0.1) is 11.3 Å². The first-order chi connectivity index (χ1) is 9.54. The lowest BCUT2D eigenvalue weighted by Gasteiger charge is -2.14. The Morgan fingerprint density at radius 2 is 1.85 bits per heavy atom. The van der Waals surface area contributed by atoms with Crippen LogP contribution in [0.5, 0.6) is 0 Å². The average Bonchev–Trinajstić information content (AvgIpc) is 2.83. The lowest BCUT2D eigenvalue weighted by atomic mass is 9.98. The van der Waals surface area contributed by atoms with E-state index in [4.69, 9.17) is 5.73 Å². The first kappa shape index (κ1) is 13.3. The summed E-state index contributed by atoms with van der Waals surface area (Å²) in [5, 5.41) is 1.05. The van der Waals surface area contributed by atoms with E-state index in [1.54, 1.807) is 23.5 Å². The fourth-order valence-corrected chi connectivity index (χ4v) is 3.54. The maximum atomic E-state index is 13.3. The highest BCUT2D eigenvalue weighted by molar-refractivity contribution is 7.19. The number of hydrogen-bond acceptors (Lipinski definition) is 2. The summed E-state index contributed by atoms with van der Waals surface area (Å²) < 4.78 is 14.2. The van der Waals surface area contributed by atoms with E-state index < -0.39 is 0 Å². The molecule has 3 aromatic rings. The number of rotatable bonds is 2. The molecule has 0 radical (unpaired) electrons. The van der Waals surface area contributed by atoms with Gasteiger partial charge in [0.25, 0.3) is 0 Å². The summed E-state index contributed by atoms with van der Waals surface area (Å²) in [5.74, 6) is -0.203. The summed E-state index contributed by atoms with van der Waals surface area (Å²) in [7, 11) is 0. The van der Waals surface area contributed by atoms with Gasteiger partial charge in [0, 0.05) is 9.58 Å². The lowest BCUT2D eigenvalue weighted by Crippen LogP contribution is -2.11. The van der Waals surface area contributed by atoms with E-state index in [1.165, 1.54) is 17.2 Å². The molecule has 0 aliphatic carbocycles. The van der Waals surface area contributed by atoms with Gasteiger partial charge in [0.2, 0.25) is 0 Å². The maximum absolute atomic E-state index is 13.3. The van der Waals surface area contributed by atoms with E-state index in [0.717, 1.165) is 20.5 Å². The van der Waals surface area contributed by atoms with Crippen LogP contribution in [-0.2, 0) is 0 Å². The monoisotopic (exact) mass is 285 g/mol. The van der Waals surface area contributed by atoms with Gasteiger partial charge in [-0.1, -0.05) is 29.8 Å². The van der Waals surface area contributed by atoms with Gasteiger partial charge in [-0.2, -0.15) is 0 Å². The number of fused-ring (bicyclic) bond motifs is 1. The van der Waals surface area contributed by atoms with Crippen molar-refractivity contribution in [2.75, 3.05) is 0 Å². The smallest absolute Gasteiger partial charge is 0.124 e. The van der Waals surface area contributed by atoms with E-state index in [9.17, 15) is 4.39 Å². The Labute approximate surface area is 121 Å². The van der Waals surface area contributed by atoms with Crippen LogP contribution in [0.25, 0.3) is 10.1 Å². The Balaban J connectivity index is 2.07. The van der Waals surface area contributed by atoms with Crippen LogP contribution in [-0.4, -0.2) is 0 Å². The van der Waals surface area contributed by atoms with E-state index in [1.807, 2.05) is 0 Å². The lowest BCUT2D eigenvalue weighted by molar-refractivity contribution is 0.630. The normalized spacial score (nSPS) is 12.8. The van der Waals surface area contributed by atoms with Crippen LogP contribution in [0.1, 0.15) is 27.6 Å². The van der Waals surface area contributed by atoms with Gasteiger partial charge >= 0.3 is 0 Å². The zero-order chi connectivity index (χ0) is 14.3. The molecule has 3 rings (SSSR count). The van der Waals surface area contributed by atoms with Crippen molar-refractivity contribution in [1.82, 2.24) is 0 Å². The average molecular weight is 285 g/mol. The maximum Gasteiger partial charge on any atom is 0.124 e. The number of halogens is 1. The highest BCUT2D eigenvalue weighted by atomic mass is 32.1. The molecule has 2 N–H and O–H groups in total. The summed E-state index contributed by atoms with van der Waals surface area (Å²) in [5.41, 5.74) is 9.93. The minimum Gasteiger partial charge on any atom is -0.320 e. The largest absolute Gasteiger partial charge is 0.320 e. The van der Waals surface area contributed by atoms with Crippen LogP contribution in [0.15, 0.2) is 42.5 Å². The molecule has 0 aliphatic heterocycles. The van der Waals surface area contributed by atoms with Gasteiger partial charge in [-0.05, 0) is 48.6 Å². The van der Waals surface area contributed by atoms with Crippen molar-refractivity contribution in [1.29, 1.82) is 0 Å². The first-order valence-electron chi connectivity index (χ1n) is 6.56. The molecule has 0 spiro atoms. The Morgan fingerprint density at radius 3 is 2.65 bits per heavy atom. The van der Waals surface area contributed by atoms with Gasteiger partial charge < -0.3 is 5.73 Å². The van der Waals surface area contributed by atoms with Crippen LogP contribution >= 0.6 is 11.3 Å². The SMILES string of the molecule is Cc1ccc(C)c(C(N)c2cc3ccc(F)cc3s2)c1. The Kier molecular flexibility index (Phi) is 3.32. The quantitative estimate of drug-likeness (QED) is 0.725. The van der Waals surface area contributed by atoms with Crippen LogP contribution in [0.3, 0.4) is 0 Å². The van der Waals surface area contributed by atoms with Crippen LogP contribution in [0.2, 0.25) is 0 Å². The Morgan fingerprint density at radius 1 is 1.05 bits per heavy atom. The third-order valence-electron chi connectivity index (χ3n) is 3.58. The molecule has 1 heterocycles. The molecule has 1 nitrogen and oxygen atoms in total. The summed E-state index contributed by atoms with van der Waals surface area (Å²) in [6.07, 6.45) is 0. The number of nitrogens with two attached hydrogens (primary N) is 1. The van der Waals surface area contributed by atoms with E-state index in [2.05, 4.69) is 38.1 Å². The van der Waals surface area contributed by atoms with Crippen molar-refractivity contribution in [3.63, 3.8) is 0 Å². The predicted molar refractivity (Wildman–Crippen MR) is 83.7 cm³/mol. The highest BCUT2D eigenvalue weighted by Crippen LogP contribution is 2.33. The molecule has 1 atom stereocenters. The fraction of sp³-hybridized carbons (Fsp3) is 0.176. The van der Waals surface area contributed by atoms with Crippen LogP contribution in [0, 0.1) is 19.7 Å². The van der Waals surface area contributed by atoms with E-state index in [-0.39, 0.29) is 11.9 Å². The third-order valence-corrected chi connectivity index (χ3v) is 4.76. The minimum atomic E-state index is -0.203. The second-order valence-electron chi connectivity index (χ2n) is 5.17. The predicted octanol–water partition coefficient (Wildman–Crippen LogP) is 4.71. The van der Waals surface area contributed by atoms with E-state index in [0.29, 0.717) is 0 Å². The van der Waals surface area contributed by atoms with E-state index >= 15 is 0 Å². The van der Waals surface area contributed by atoms with Gasteiger partial charge in [0.1, 0.15) is 5.82 Å². The number of thiophene rings is 1. The van der Waals surface area contributed by atoms with Crippen LogP contribution in [0.4, 0.5) is 4.39 Å². The molecular weight excluding hydrogens is 269 g/mol. The first-order valence-corrected chi connectivity index (χ1v) is 7.38. The fourth-order valence-electron chi connectivity index (χ4n) is 2.43. The number of hydrogen-bond donors (Lipinski definition) is 1. The van der Waals surface area contributed by atoms with Gasteiger partial charge in [0.15, 0.2) is 0 Å². The minimum absolute atomic E-state index is 0.157. The standard InChI is InChI=1S/C17H16FNS/c1-10-3-4-11(2)14(7-10)17(19)16-8-12-5-6-13(18)9-15(12)20-16/h3-9,17H,19H2,1-2H3. The summed E-state index contributed by atoms with van der Waals surface area (Å²) in [6, 6.07) is 13.1. The molecule has 3 heteroatoms. The van der Waals surface area contributed by atoms with Crippen LogP contribution < -0.4 is 5.73 Å². The molecule has 1 aromatic heterocycles. The molecule has 1 unspecified atom stereocenters. The number of aryl methyl sites for hydroxylation is 2. The Bertz CT molecular complexity index is 776. The van der Waals surface area contributed by atoms with Crippen molar-refractivity contribution in [2.45, 2.75) is 19.9 Å². The second kappa shape index (κ2) is 5.00. The molecule has 102 valence electrons. The molecule has 20 heavy (non-hydrogen) atoms. The van der Waals surface area contributed by atoms with Gasteiger partial charge in [-0.25, -0.2) is 4.39 Å². The highest BCUT2D eigenvalue weighted by Gasteiger charge is 2.15. The molecule has 0 saturated carbocycles. The molecule has 2 aromatic carbocycles. The van der Waals surface area contributed by atoms with Crippen molar-refractivity contribution < 1.29 is 4.39 Å². The summed E-state index contributed by atoms with van der Waals surface area (Å²) >= 11 is 1.56. The van der Waals surface area contributed by atoms with Crippen molar-refractivity contribution >= 4 is 21.4 Å². The topological polar surface area (TPSA) is 26.0 Å². The van der Waals surface area contributed by atoms with Crippen molar-refractivity contribution in [3.8, 4) is 0 Å². The molecule has 0 saturated heterocycles. The Hall–Kier alpha value is -1.71. The molecule has 0 aliphatic rings. The second-order valence-corrected chi connectivity index (χ2v) is 6.28. The summed E-state index contributed by atoms with van der Waals surface area (Å²) in [6.45, 7) is 4.14. The number of benzene rings is 2. The molecule has 0 bridgehead atoms. The molecule has 0 fully saturated rings. The zero-order valence-corrected chi connectivity index (χ0v) is 12.3. The molecule has 0 amide bonds. The van der Waals surface area contributed by atoms with Gasteiger partial charge in [0.05, 0.1) is 6.04 Å².